The van der Waals surface area contributed by atoms with Gasteiger partial charge in [0.25, 0.3) is 0 Å². The first-order chi connectivity index (χ1) is 9.65. The van der Waals surface area contributed by atoms with Crippen LogP contribution in [-0.4, -0.2) is 17.6 Å². The molecule has 0 unspecified atom stereocenters. The Labute approximate surface area is 123 Å². The minimum absolute atomic E-state index is 0.279. The van der Waals surface area contributed by atoms with Crippen LogP contribution in [0.1, 0.15) is 11.1 Å². The van der Waals surface area contributed by atoms with E-state index in [0.29, 0.717) is 12.2 Å². The minimum atomic E-state index is -0.285. The van der Waals surface area contributed by atoms with E-state index in [1.165, 1.54) is 11.1 Å². The summed E-state index contributed by atoms with van der Waals surface area (Å²) in [5.41, 5.74) is 2.92. The molecule has 2 N–H and O–H groups in total. The van der Waals surface area contributed by atoms with Gasteiger partial charge in [-0.25, -0.2) is 9.78 Å². The van der Waals surface area contributed by atoms with E-state index in [4.69, 9.17) is 11.6 Å². The normalized spacial score (nSPS) is 10.1. The summed E-state index contributed by atoms with van der Waals surface area (Å²) < 4.78 is 0. The van der Waals surface area contributed by atoms with Crippen LogP contribution in [0.2, 0.25) is 5.15 Å². The third kappa shape index (κ3) is 4.24. The predicted octanol–water partition coefficient (Wildman–Crippen LogP) is 3.41. The number of aromatic nitrogens is 1. The number of carbonyl (C=O) groups is 1. The monoisotopic (exact) mass is 289 g/mol. The first-order valence-electron chi connectivity index (χ1n) is 6.36. The van der Waals surface area contributed by atoms with Gasteiger partial charge in [0.05, 0.1) is 5.69 Å². The second-order valence-electron chi connectivity index (χ2n) is 4.46. The number of halogens is 1. The zero-order chi connectivity index (χ0) is 14.4. The second kappa shape index (κ2) is 6.91. The van der Waals surface area contributed by atoms with Crippen molar-refractivity contribution in [3.8, 4) is 0 Å². The summed E-state index contributed by atoms with van der Waals surface area (Å²) in [6.45, 7) is 2.61. The van der Waals surface area contributed by atoms with Gasteiger partial charge in [0.15, 0.2) is 5.15 Å². The maximum Gasteiger partial charge on any atom is 0.319 e. The van der Waals surface area contributed by atoms with Crippen LogP contribution in [0, 0.1) is 6.92 Å². The summed E-state index contributed by atoms with van der Waals surface area (Å²) in [4.78, 5) is 15.6. The number of rotatable bonds is 4. The van der Waals surface area contributed by atoms with E-state index < -0.39 is 0 Å². The Morgan fingerprint density at radius 2 is 2.00 bits per heavy atom. The number of urea groups is 1. The summed E-state index contributed by atoms with van der Waals surface area (Å²) in [7, 11) is 0. The number of aryl methyl sites for hydroxylation is 1. The van der Waals surface area contributed by atoms with E-state index in [1.807, 2.05) is 6.92 Å². The maximum atomic E-state index is 11.7. The minimum Gasteiger partial charge on any atom is -0.338 e. The molecule has 2 rings (SSSR count). The first-order valence-corrected chi connectivity index (χ1v) is 6.74. The highest BCUT2D eigenvalue weighted by Gasteiger charge is 2.04. The topological polar surface area (TPSA) is 54.0 Å². The van der Waals surface area contributed by atoms with Crippen LogP contribution in [0.4, 0.5) is 10.5 Å². The number of nitrogens with zero attached hydrogens (tertiary/aromatic N) is 1. The average Bonchev–Trinajstić information content (AvgIpc) is 2.44. The van der Waals surface area contributed by atoms with Crippen LogP contribution in [0.5, 0.6) is 0 Å². The molecule has 0 saturated carbocycles. The van der Waals surface area contributed by atoms with E-state index in [2.05, 4.69) is 39.9 Å². The van der Waals surface area contributed by atoms with Crippen molar-refractivity contribution in [2.75, 3.05) is 11.9 Å². The molecule has 1 heterocycles. The van der Waals surface area contributed by atoms with Crippen molar-refractivity contribution in [3.63, 3.8) is 0 Å². The maximum absolute atomic E-state index is 11.7. The van der Waals surface area contributed by atoms with Gasteiger partial charge in [-0.05, 0) is 31.0 Å². The van der Waals surface area contributed by atoms with Gasteiger partial charge in [-0.15, -0.1) is 0 Å². The third-order valence-electron chi connectivity index (χ3n) is 2.83. The van der Waals surface area contributed by atoms with Crippen molar-refractivity contribution >= 4 is 23.3 Å². The number of carbonyl (C=O) groups excluding carboxylic acids is 1. The predicted molar refractivity (Wildman–Crippen MR) is 81.2 cm³/mol. The van der Waals surface area contributed by atoms with Gasteiger partial charge < -0.3 is 10.6 Å². The van der Waals surface area contributed by atoms with Gasteiger partial charge >= 0.3 is 6.03 Å². The van der Waals surface area contributed by atoms with Gasteiger partial charge in [0, 0.05) is 12.7 Å². The fourth-order valence-electron chi connectivity index (χ4n) is 1.72. The van der Waals surface area contributed by atoms with E-state index >= 15 is 0 Å². The van der Waals surface area contributed by atoms with Crippen LogP contribution in [-0.2, 0) is 6.42 Å². The van der Waals surface area contributed by atoms with Gasteiger partial charge in [0.2, 0.25) is 0 Å². The van der Waals surface area contributed by atoms with Crippen molar-refractivity contribution in [1.82, 2.24) is 10.3 Å². The quantitative estimate of drug-likeness (QED) is 0.848. The van der Waals surface area contributed by atoms with E-state index in [-0.39, 0.29) is 11.2 Å². The van der Waals surface area contributed by atoms with E-state index in [1.54, 1.807) is 18.3 Å². The Bertz CT molecular complexity index is 584. The number of benzene rings is 1. The SMILES string of the molecule is Cc1ccc(CCNC(=O)Nc2cccnc2Cl)cc1. The molecule has 2 amide bonds. The van der Waals surface area contributed by atoms with Crippen molar-refractivity contribution in [1.29, 1.82) is 0 Å². The zero-order valence-corrected chi connectivity index (χ0v) is 11.9. The summed E-state index contributed by atoms with van der Waals surface area (Å²) >= 11 is 5.86. The van der Waals surface area contributed by atoms with Crippen molar-refractivity contribution in [2.24, 2.45) is 0 Å². The van der Waals surface area contributed by atoms with Crippen LogP contribution >= 0.6 is 11.6 Å². The Kier molecular flexibility index (Phi) is 4.96. The fourth-order valence-corrected chi connectivity index (χ4v) is 1.89. The molecule has 0 fully saturated rings. The summed E-state index contributed by atoms with van der Waals surface area (Å²) in [5.74, 6) is 0. The molecule has 20 heavy (non-hydrogen) atoms. The van der Waals surface area contributed by atoms with Crippen LogP contribution < -0.4 is 10.6 Å². The summed E-state index contributed by atoms with van der Waals surface area (Å²) in [5, 5.41) is 5.72. The van der Waals surface area contributed by atoms with Gasteiger partial charge in [-0.2, -0.15) is 0 Å². The molecule has 0 spiro atoms. The largest absolute Gasteiger partial charge is 0.338 e. The smallest absolute Gasteiger partial charge is 0.319 e. The molecule has 2 aromatic rings. The van der Waals surface area contributed by atoms with Crippen molar-refractivity contribution < 1.29 is 4.79 Å². The molecular formula is C15H16ClN3O. The van der Waals surface area contributed by atoms with Crippen LogP contribution in [0.3, 0.4) is 0 Å². The molecular weight excluding hydrogens is 274 g/mol. The standard InChI is InChI=1S/C15H16ClN3O/c1-11-4-6-12(7-5-11)8-10-18-15(20)19-13-3-2-9-17-14(13)16/h2-7,9H,8,10H2,1H3,(H2,18,19,20). The molecule has 1 aromatic carbocycles. The number of nitrogens with one attached hydrogen (secondary N) is 2. The third-order valence-corrected chi connectivity index (χ3v) is 3.13. The molecule has 0 aliphatic rings. The first kappa shape index (κ1) is 14.3. The molecule has 0 atom stereocenters. The molecule has 0 saturated heterocycles. The second-order valence-corrected chi connectivity index (χ2v) is 4.82. The van der Waals surface area contributed by atoms with Crippen LogP contribution in [0.25, 0.3) is 0 Å². The highest BCUT2D eigenvalue weighted by atomic mass is 35.5. The lowest BCUT2D eigenvalue weighted by molar-refractivity contribution is 0.252. The lowest BCUT2D eigenvalue weighted by Crippen LogP contribution is -2.30. The highest BCUT2D eigenvalue weighted by molar-refractivity contribution is 6.32. The van der Waals surface area contributed by atoms with E-state index in [9.17, 15) is 4.79 Å². The van der Waals surface area contributed by atoms with Gasteiger partial charge in [-0.3, -0.25) is 0 Å². The van der Waals surface area contributed by atoms with Gasteiger partial charge in [0.1, 0.15) is 0 Å². The number of hydrogen-bond acceptors (Lipinski definition) is 2. The molecule has 104 valence electrons. The molecule has 0 aliphatic carbocycles. The number of anilines is 1. The zero-order valence-electron chi connectivity index (χ0n) is 11.2. The Balaban J connectivity index is 1.78. The average molecular weight is 290 g/mol. The Morgan fingerprint density at radius 1 is 1.25 bits per heavy atom. The lowest BCUT2D eigenvalue weighted by Gasteiger charge is -2.08. The Morgan fingerprint density at radius 3 is 2.70 bits per heavy atom. The Hall–Kier alpha value is -2.07. The van der Waals surface area contributed by atoms with Crippen molar-refractivity contribution in [2.45, 2.75) is 13.3 Å². The molecule has 4 nitrogen and oxygen atoms in total. The number of amides is 2. The van der Waals surface area contributed by atoms with Gasteiger partial charge in [-0.1, -0.05) is 41.4 Å². The molecule has 0 aliphatic heterocycles. The molecule has 0 radical (unpaired) electrons. The summed E-state index contributed by atoms with van der Waals surface area (Å²) in [6.07, 6.45) is 2.36. The number of pyridine rings is 1. The molecule has 5 heteroatoms. The van der Waals surface area contributed by atoms with Crippen molar-refractivity contribution in [3.05, 3.63) is 58.9 Å². The lowest BCUT2D eigenvalue weighted by atomic mass is 10.1. The highest BCUT2D eigenvalue weighted by Crippen LogP contribution is 2.16. The van der Waals surface area contributed by atoms with Crippen LogP contribution in [0.15, 0.2) is 42.6 Å². The number of hydrogen-bond donors (Lipinski definition) is 2. The van der Waals surface area contributed by atoms with E-state index in [0.717, 1.165) is 6.42 Å². The molecule has 0 bridgehead atoms. The molecule has 1 aromatic heterocycles. The fraction of sp³-hybridized carbons (Fsp3) is 0.200. The summed E-state index contributed by atoms with van der Waals surface area (Å²) in [6, 6.07) is 11.4.